The monoisotopic (exact) mass is 209 g/mol. The van der Waals surface area contributed by atoms with Gasteiger partial charge in [-0.25, -0.2) is 0 Å². The first-order chi connectivity index (χ1) is 7.11. The summed E-state index contributed by atoms with van der Waals surface area (Å²) < 4.78 is 0. The smallest absolute Gasteiger partial charge is 0.303 e. The third kappa shape index (κ3) is 1.59. The number of carbonyl (C=O) groups is 1. The summed E-state index contributed by atoms with van der Waals surface area (Å²) in [5.74, 6) is 1.11. The molecular weight excluding hydrogens is 190 g/mol. The highest BCUT2D eigenvalue weighted by atomic mass is 16.4. The number of aliphatic carboxylic acids is 1. The molecule has 0 saturated heterocycles. The van der Waals surface area contributed by atoms with Crippen LogP contribution in [-0.2, 0) is 4.79 Å². The normalized spacial score (nSPS) is 43.1. The number of carboxylic acid groups (broad SMARTS) is 1. The lowest BCUT2D eigenvalue weighted by Crippen LogP contribution is -2.51. The van der Waals surface area contributed by atoms with Crippen molar-refractivity contribution in [2.24, 2.45) is 28.9 Å². The summed E-state index contributed by atoms with van der Waals surface area (Å²) in [7, 11) is 0. The van der Waals surface area contributed by atoms with Crippen molar-refractivity contribution in [2.45, 2.75) is 25.7 Å². The molecule has 0 amide bonds. The summed E-state index contributed by atoms with van der Waals surface area (Å²) in [4.78, 5) is 10.8. The molecule has 0 aromatic heterocycles. The average Bonchev–Trinajstić information content (AvgIpc) is 2.53. The van der Waals surface area contributed by atoms with Gasteiger partial charge in [-0.3, -0.25) is 4.79 Å². The van der Waals surface area contributed by atoms with E-state index >= 15 is 0 Å². The molecule has 0 bridgehead atoms. The molecule has 0 spiro atoms. The number of hydrogen-bond donors (Lipinski definition) is 2. The van der Waals surface area contributed by atoms with Crippen molar-refractivity contribution >= 4 is 5.97 Å². The number of rotatable bonds is 4. The molecule has 0 aromatic rings. The minimum atomic E-state index is -0.707. The van der Waals surface area contributed by atoms with Crippen LogP contribution < -0.4 is 5.73 Å². The fraction of sp³-hybridized carbons (Fsp3) is 0.750. The van der Waals surface area contributed by atoms with E-state index in [-0.39, 0.29) is 11.8 Å². The van der Waals surface area contributed by atoms with Crippen LogP contribution in [0.15, 0.2) is 12.7 Å². The zero-order chi connectivity index (χ0) is 11.1. The second-order valence-electron chi connectivity index (χ2n) is 5.17. The molecule has 0 radical (unpaired) electrons. The van der Waals surface area contributed by atoms with Crippen LogP contribution in [0, 0.1) is 23.2 Å². The van der Waals surface area contributed by atoms with Crippen molar-refractivity contribution in [1.82, 2.24) is 0 Å². The number of fused-ring (bicyclic) bond motifs is 1. The molecule has 3 N–H and O–H groups in total. The summed E-state index contributed by atoms with van der Waals surface area (Å²) in [5.41, 5.74) is 5.67. The van der Waals surface area contributed by atoms with Gasteiger partial charge < -0.3 is 10.8 Å². The maximum atomic E-state index is 10.8. The van der Waals surface area contributed by atoms with E-state index in [4.69, 9.17) is 10.8 Å². The van der Waals surface area contributed by atoms with Gasteiger partial charge in [-0.1, -0.05) is 6.08 Å². The molecule has 2 fully saturated rings. The Bertz CT molecular complexity index is 289. The van der Waals surface area contributed by atoms with Crippen molar-refractivity contribution < 1.29 is 9.90 Å². The minimum Gasteiger partial charge on any atom is -0.481 e. The SMILES string of the molecule is C=CC1CC2[C@H](C1)C[C@]2(CN)CC(=O)O. The van der Waals surface area contributed by atoms with E-state index in [9.17, 15) is 4.79 Å². The summed E-state index contributed by atoms with van der Waals surface area (Å²) in [6.45, 7) is 4.34. The molecule has 2 unspecified atom stereocenters. The standard InChI is InChI=1S/C12H19NO2/c1-2-8-3-9-5-12(7-13,6-11(14)15)10(9)4-8/h2,8-10H,1,3-7,13H2,(H,14,15)/t8?,9-,10?,12-/m1/s1. The summed E-state index contributed by atoms with van der Waals surface area (Å²) in [5, 5.41) is 8.91. The fourth-order valence-corrected chi connectivity index (χ4v) is 3.66. The van der Waals surface area contributed by atoms with Gasteiger partial charge >= 0.3 is 5.97 Å². The van der Waals surface area contributed by atoms with Crippen LogP contribution in [0.25, 0.3) is 0 Å². The zero-order valence-electron chi connectivity index (χ0n) is 8.98. The summed E-state index contributed by atoms with van der Waals surface area (Å²) in [6.07, 6.45) is 5.55. The molecule has 4 atom stereocenters. The molecule has 2 saturated carbocycles. The predicted octanol–water partition coefficient (Wildman–Crippen LogP) is 1.64. The van der Waals surface area contributed by atoms with E-state index in [1.165, 1.54) is 6.42 Å². The third-order valence-corrected chi connectivity index (χ3v) is 4.43. The Morgan fingerprint density at radius 3 is 2.87 bits per heavy atom. The number of hydrogen-bond acceptors (Lipinski definition) is 2. The molecule has 15 heavy (non-hydrogen) atoms. The molecule has 0 aliphatic heterocycles. The lowest BCUT2D eigenvalue weighted by atomic mass is 9.53. The Balaban J connectivity index is 2.06. The highest BCUT2D eigenvalue weighted by molar-refractivity contribution is 5.68. The first-order valence-corrected chi connectivity index (χ1v) is 5.66. The van der Waals surface area contributed by atoms with Gasteiger partial charge in [0.15, 0.2) is 0 Å². The minimum absolute atomic E-state index is 0.103. The van der Waals surface area contributed by atoms with Gasteiger partial charge in [0.1, 0.15) is 0 Å². The highest BCUT2D eigenvalue weighted by Gasteiger charge is 2.56. The molecule has 2 aliphatic carbocycles. The predicted molar refractivity (Wildman–Crippen MR) is 58.3 cm³/mol. The maximum absolute atomic E-state index is 10.8. The van der Waals surface area contributed by atoms with Gasteiger partial charge in [-0.2, -0.15) is 0 Å². The van der Waals surface area contributed by atoms with Crippen LogP contribution in [0.5, 0.6) is 0 Å². The Morgan fingerprint density at radius 2 is 2.33 bits per heavy atom. The quantitative estimate of drug-likeness (QED) is 0.692. The molecule has 84 valence electrons. The Kier molecular flexibility index (Phi) is 2.59. The second kappa shape index (κ2) is 3.63. The van der Waals surface area contributed by atoms with Crippen molar-refractivity contribution in [3.05, 3.63) is 12.7 Å². The van der Waals surface area contributed by atoms with Gasteiger partial charge in [-0.15, -0.1) is 6.58 Å². The molecule has 2 aliphatic rings. The lowest BCUT2D eigenvalue weighted by molar-refractivity contribution is -0.145. The lowest BCUT2D eigenvalue weighted by Gasteiger charge is -2.51. The van der Waals surface area contributed by atoms with Gasteiger partial charge in [0, 0.05) is 0 Å². The summed E-state index contributed by atoms with van der Waals surface area (Å²) in [6, 6.07) is 0. The molecule has 0 heterocycles. The van der Waals surface area contributed by atoms with E-state index in [1.54, 1.807) is 0 Å². The van der Waals surface area contributed by atoms with Gasteiger partial charge in [0.05, 0.1) is 6.42 Å². The molecular formula is C12H19NO2. The topological polar surface area (TPSA) is 63.3 Å². The number of carboxylic acids is 1. The summed E-state index contributed by atoms with van der Waals surface area (Å²) >= 11 is 0. The van der Waals surface area contributed by atoms with Crippen LogP contribution in [0.4, 0.5) is 0 Å². The average molecular weight is 209 g/mol. The van der Waals surface area contributed by atoms with Gasteiger partial charge in [0.2, 0.25) is 0 Å². The fourth-order valence-electron chi connectivity index (χ4n) is 3.66. The van der Waals surface area contributed by atoms with E-state index in [0.717, 1.165) is 12.8 Å². The Morgan fingerprint density at radius 1 is 1.60 bits per heavy atom. The highest BCUT2D eigenvalue weighted by Crippen LogP contribution is 2.61. The van der Waals surface area contributed by atoms with E-state index in [2.05, 4.69) is 6.58 Å². The second-order valence-corrected chi connectivity index (χ2v) is 5.17. The molecule has 3 heteroatoms. The number of nitrogens with two attached hydrogens (primary N) is 1. The van der Waals surface area contributed by atoms with Crippen LogP contribution >= 0.6 is 0 Å². The first kappa shape index (κ1) is 10.7. The molecule has 2 rings (SSSR count). The van der Waals surface area contributed by atoms with Gasteiger partial charge in [0.25, 0.3) is 0 Å². The first-order valence-electron chi connectivity index (χ1n) is 5.66. The third-order valence-electron chi connectivity index (χ3n) is 4.43. The zero-order valence-corrected chi connectivity index (χ0v) is 8.98. The van der Waals surface area contributed by atoms with Gasteiger partial charge in [-0.05, 0) is 49.0 Å². The molecule has 3 nitrogen and oxygen atoms in total. The van der Waals surface area contributed by atoms with E-state index in [0.29, 0.717) is 24.3 Å². The van der Waals surface area contributed by atoms with Crippen LogP contribution in [0.3, 0.4) is 0 Å². The van der Waals surface area contributed by atoms with Crippen LogP contribution in [-0.4, -0.2) is 17.6 Å². The van der Waals surface area contributed by atoms with Crippen molar-refractivity contribution in [2.75, 3.05) is 6.54 Å². The number of allylic oxidation sites excluding steroid dienone is 1. The van der Waals surface area contributed by atoms with Crippen LogP contribution in [0.1, 0.15) is 25.7 Å². The Labute approximate surface area is 90.3 Å². The Hall–Kier alpha value is -0.830. The van der Waals surface area contributed by atoms with E-state index in [1.807, 2.05) is 6.08 Å². The van der Waals surface area contributed by atoms with Crippen LogP contribution in [0.2, 0.25) is 0 Å². The largest absolute Gasteiger partial charge is 0.481 e. The molecule has 0 aromatic carbocycles. The maximum Gasteiger partial charge on any atom is 0.303 e. The van der Waals surface area contributed by atoms with Crippen molar-refractivity contribution in [3.8, 4) is 0 Å². The van der Waals surface area contributed by atoms with E-state index < -0.39 is 5.97 Å². The van der Waals surface area contributed by atoms with Crippen molar-refractivity contribution in [3.63, 3.8) is 0 Å². The van der Waals surface area contributed by atoms with Crippen molar-refractivity contribution in [1.29, 1.82) is 0 Å².